The lowest BCUT2D eigenvalue weighted by Gasteiger charge is -2.30. The van der Waals surface area contributed by atoms with Gasteiger partial charge in [-0.15, -0.1) is 0 Å². The molecule has 1 atom stereocenters. The number of carbonyl (C=O) groups is 1. The van der Waals surface area contributed by atoms with Crippen molar-refractivity contribution in [2.75, 3.05) is 15.9 Å². The highest BCUT2D eigenvalue weighted by Gasteiger charge is 2.31. The molecule has 140 valence electrons. The Kier molecular flexibility index (Phi) is 6.26. The zero-order valence-corrected chi connectivity index (χ0v) is 16.2. The molecule has 2 aromatic carbocycles. The zero-order chi connectivity index (χ0) is 19.5. The molecular formula is C18H20ClFN2O3S. The number of sulfonamides is 1. The molecule has 26 heavy (non-hydrogen) atoms. The molecule has 0 saturated heterocycles. The summed E-state index contributed by atoms with van der Waals surface area (Å²) in [5, 5.41) is 3.19. The first-order valence-corrected chi connectivity index (χ1v) is 10.2. The van der Waals surface area contributed by atoms with E-state index in [-0.39, 0.29) is 12.1 Å². The van der Waals surface area contributed by atoms with E-state index in [1.165, 1.54) is 12.1 Å². The number of nitrogens with one attached hydrogen (secondary N) is 1. The Morgan fingerprint density at radius 3 is 2.38 bits per heavy atom. The molecule has 0 heterocycles. The van der Waals surface area contributed by atoms with Gasteiger partial charge in [-0.3, -0.25) is 9.10 Å². The summed E-state index contributed by atoms with van der Waals surface area (Å²) in [6, 6.07) is 9.03. The molecule has 0 aromatic heterocycles. The minimum absolute atomic E-state index is 0.221. The maximum atomic E-state index is 13.2. The number of aryl methyl sites for hydroxylation is 1. The van der Waals surface area contributed by atoms with Crippen molar-refractivity contribution in [2.24, 2.45) is 0 Å². The molecule has 0 aliphatic carbocycles. The molecule has 0 bridgehead atoms. The van der Waals surface area contributed by atoms with Crippen molar-refractivity contribution in [1.82, 2.24) is 0 Å². The second-order valence-electron chi connectivity index (χ2n) is 5.91. The molecule has 5 nitrogen and oxygen atoms in total. The van der Waals surface area contributed by atoms with Crippen molar-refractivity contribution >= 4 is 38.9 Å². The molecule has 2 rings (SSSR count). The number of rotatable bonds is 6. The predicted molar refractivity (Wildman–Crippen MR) is 103 cm³/mol. The zero-order valence-electron chi connectivity index (χ0n) is 14.7. The van der Waals surface area contributed by atoms with Crippen molar-refractivity contribution in [3.05, 3.63) is 58.9 Å². The van der Waals surface area contributed by atoms with E-state index < -0.39 is 27.8 Å². The van der Waals surface area contributed by atoms with Crippen LogP contribution in [0.1, 0.15) is 18.9 Å². The van der Waals surface area contributed by atoms with Crippen LogP contribution in [-0.2, 0) is 14.8 Å². The van der Waals surface area contributed by atoms with E-state index in [0.29, 0.717) is 10.7 Å². The van der Waals surface area contributed by atoms with E-state index in [4.69, 9.17) is 11.6 Å². The maximum Gasteiger partial charge on any atom is 0.248 e. The molecule has 0 fully saturated rings. The van der Waals surface area contributed by atoms with Crippen LogP contribution in [0.2, 0.25) is 5.02 Å². The van der Waals surface area contributed by atoms with Crippen LogP contribution < -0.4 is 9.62 Å². The Bertz CT molecular complexity index is 901. The van der Waals surface area contributed by atoms with Gasteiger partial charge in [-0.1, -0.05) is 24.6 Å². The van der Waals surface area contributed by atoms with E-state index in [0.717, 1.165) is 28.3 Å². The van der Waals surface area contributed by atoms with Gasteiger partial charge in [0, 0.05) is 10.7 Å². The molecule has 1 amide bonds. The van der Waals surface area contributed by atoms with Crippen LogP contribution >= 0.6 is 11.6 Å². The number of benzene rings is 2. The van der Waals surface area contributed by atoms with E-state index in [9.17, 15) is 17.6 Å². The minimum Gasteiger partial charge on any atom is -0.324 e. The highest BCUT2D eigenvalue weighted by molar-refractivity contribution is 7.92. The highest BCUT2D eigenvalue weighted by Crippen LogP contribution is 2.25. The molecule has 0 unspecified atom stereocenters. The molecule has 2 aromatic rings. The van der Waals surface area contributed by atoms with E-state index in [1.54, 1.807) is 32.0 Å². The number of hydrogen-bond donors (Lipinski definition) is 1. The fraction of sp³-hybridized carbons (Fsp3) is 0.278. The lowest BCUT2D eigenvalue weighted by Crippen LogP contribution is -2.47. The lowest BCUT2D eigenvalue weighted by molar-refractivity contribution is -0.117. The average Bonchev–Trinajstić information content (AvgIpc) is 2.56. The molecule has 8 heteroatoms. The van der Waals surface area contributed by atoms with Gasteiger partial charge in [-0.05, 0) is 55.3 Å². The Balaban J connectivity index is 2.39. The van der Waals surface area contributed by atoms with Crippen LogP contribution in [0.5, 0.6) is 0 Å². The first-order chi connectivity index (χ1) is 12.1. The summed E-state index contributed by atoms with van der Waals surface area (Å²) in [5.74, 6) is -0.984. The fourth-order valence-electron chi connectivity index (χ4n) is 2.59. The first-order valence-electron chi connectivity index (χ1n) is 7.95. The first kappa shape index (κ1) is 20.2. The number of anilines is 2. The van der Waals surface area contributed by atoms with Crippen molar-refractivity contribution in [3.8, 4) is 0 Å². The standard InChI is InChI=1S/C18H20ClFN2O3S/c1-4-17(18(23)21-16-11-13(19)6-5-12(16)2)22(26(3,24)25)15-9-7-14(20)8-10-15/h5-11,17H,4H2,1-3H3,(H,21,23)/t17-/m0/s1. The number of hydrogen-bond acceptors (Lipinski definition) is 3. The summed E-state index contributed by atoms with van der Waals surface area (Å²) in [6.45, 7) is 3.51. The molecule has 0 spiro atoms. The monoisotopic (exact) mass is 398 g/mol. The largest absolute Gasteiger partial charge is 0.324 e. The number of halogens is 2. The third-order valence-corrected chi connectivity index (χ3v) is 5.28. The lowest BCUT2D eigenvalue weighted by atomic mass is 10.1. The van der Waals surface area contributed by atoms with Crippen LogP contribution in [0.25, 0.3) is 0 Å². The second kappa shape index (κ2) is 8.05. The normalized spacial score (nSPS) is 12.5. The van der Waals surface area contributed by atoms with Crippen LogP contribution in [-0.4, -0.2) is 26.6 Å². The number of carbonyl (C=O) groups excluding carboxylic acids is 1. The van der Waals surface area contributed by atoms with Gasteiger partial charge in [-0.2, -0.15) is 0 Å². The Hall–Kier alpha value is -2.12. The molecule has 0 aliphatic rings. The Morgan fingerprint density at radius 1 is 1.23 bits per heavy atom. The minimum atomic E-state index is -3.77. The summed E-state index contributed by atoms with van der Waals surface area (Å²) in [6.07, 6.45) is 1.24. The van der Waals surface area contributed by atoms with Crippen LogP contribution in [0.4, 0.5) is 15.8 Å². The van der Waals surface area contributed by atoms with Gasteiger partial charge in [-0.25, -0.2) is 12.8 Å². The SMILES string of the molecule is CC[C@@H](C(=O)Nc1cc(Cl)ccc1C)N(c1ccc(F)cc1)S(C)(=O)=O. The van der Waals surface area contributed by atoms with Crippen molar-refractivity contribution in [2.45, 2.75) is 26.3 Å². The molecule has 0 aliphatic heterocycles. The van der Waals surface area contributed by atoms with E-state index >= 15 is 0 Å². The smallest absolute Gasteiger partial charge is 0.248 e. The van der Waals surface area contributed by atoms with Gasteiger partial charge in [0.05, 0.1) is 11.9 Å². The molecule has 0 saturated carbocycles. The van der Waals surface area contributed by atoms with Crippen LogP contribution in [0, 0.1) is 12.7 Å². The maximum absolute atomic E-state index is 13.2. The number of nitrogens with zero attached hydrogens (tertiary/aromatic N) is 1. The van der Waals surface area contributed by atoms with Crippen LogP contribution in [0.3, 0.4) is 0 Å². The highest BCUT2D eigenvalue weighted by atomic mass is 35.5. The van der Waals surface area contributed by atoms with Crippen molar-refractivity contribution in [1.29, 1.82) is 0 Å². The Morgan fingerprint density at radius 2 is 1.85 bits per heavy atom. The second-order valence-corrected chi connectivity index (χ2v) is 8.20. The average molecular weight is 399 g/mol. The third kappa shape index (κ3) is 4.74. The van der Waals surface area contributed by atoms with E-state index in [1.807, 2.05) is 0 Å². The van der Waals surface area contributed by atoms with Crippen molar-refractivity contribution in [3.63, 3.8) is 0 Å². The van der Waals surface area contributed by atoms with Gasteiger partial charge >= 0.3 is 0 Å². The Labute approximate surface area is 157 Å². The van der Waals surface area contributed by atoms with Crippen molar-refractivity contribution < 1.29 is 17.6 Å². The quantitative estimate of drug-likeness (QED) is 0.800. The van der Waals surface area contributed by atoms with E-state index in [2.05, 4.69) is 5.32 Å². The summed E-state index contributed by atoms with van der Waals surface area (Å²) < 4.78 is 38.9. The summed E-state index contributed by atoms with van der Waals surface area (Å²) in [4.78, 5) is 12.8. The van der Waals surface area contributed by atoms with Crippen LogP contribution in [0.15, 0.2) is 42.5 Å². The molecule has 0 radical (unpaired) electrons. The third-order valence-electron chi connectivity index (χ3n) is 3.87. The van der Waals surface area contributed by atoms with Gasteiger partial charge in [0.15, 0.2) is 0 Å². The van der Waals surface area contributed by atoms with Gasteiger partial charge in [0.1, 0.15) is 11.9 Å². The summed E-state index contributed by atoms with van der Waals surface area (Å²) in [5.41, 5.74) is 1.53. The molecule has 1 N–H and O–H groups in total. The topological polar surface area (TPSA) is 66.5 Å². The van der Waals surface area contributed by atoms with Gasteiger partial charge < -0.3 is 5.32 Å². The number of amides is 1. The summed E-state index contributed by atoms with van der Waals surface area (Å²) in [7, 11) is -3.77. The molecular weight excluding hydrogens is 379 g/mol. The summed E-state index contributed by atoms with van der Waals surface area (Å²) >= 11 is 5.97. The van der Waals surface area contributed by atoms with Gasteiger partial charge in [0.25, 0.3) is 0 Å². The van der Waals surface area contributed by atoms with Gasteiger partial charge in [0.2, 0.25) is 15.9 Å². The fourth-order valence-corrected chi connectivity index (χ4v) is 3.98. The predicted octanol–water partition coefficient (Wildman–Crippen LogP) is 3.97.